The molecule has 1 spiro atoms. The quantitative estimate of drug-likeness (QED) is 0.777. The molecule has 3 rings (SSSR count). The zero-order valence-electron chi connectivity index (χ0n) is 11.7. The van der Waals surface area contributed by atoms with E-state index in [-0.39, 0.29) is 27.3 Å². The number of aliphatic hydroxyl groups is 1. The summed E-state index contributed by atoms with van der Waals surface area (Å²) in [5.41, 5.74) is 2.53. The predicted octanol–water partition coefficient (Wildman–Crippen LogP) is -0.0350. The number of rotatable bonds is 2. The van der Waals surface area contributed by atoms with Gasteiger partial charge in [0.1, 0.15) is 0 Å². The Bertz CT molecular complexity index is 579. The molecule has 2 aliphatic rings. The maximum atomic E-state index is 12.8. The van der Waals surface area contributed by atoms with Gasteiger partial charge in [0.25, 0.3) is 0 Å². The second-order valence-corrected chi connectivity index (χ2v) is 6.53. The Kier molecular flexibility index (Phi) is 3.55. The summed E-state index contributed by atoms with van der Waals surface area (Å²) in [4.78, 5) is 14.6. The minimum absolute atomic E-state index is 0.00417. The SMILES string of the molecule is [CH2]=[Al][c]1cc(CO)cc2c1N(C)C(=O)C21CCOCC1. The first-order valence-electron chi connectivity index (χ1n) is 6.90. The van der Waals surface area contributed by atoms with Gasteiger partial charge in [-0.3, -0.25) is 0 Å². The molecule has 1 fully saturated rings. The van der Waals surface area contributed by atoms with E-state index in [4.69, 9.17) is 4.74 Å². The average molecular weight is 287 g/mol. The van der Waals surface area contributed by atoms with Crippen LogP contribution in [0.2, 0.25) is 0 Å². The molecule has 0 saturated carbocycles. The van der Waals surface area contributed by atoms with Crippen molar-refractivity contribution >= 4 is 36.2 Å². The fourth-order valence-corrected chi connectivity index (χ4v) is 4.32. The van der Waals surface area contributed by atoms with Gasteiger partial charge in [0, 0.05) is 0 Å². The number of amides is 1. The van der Waals surface area contributed by atoms with Crippen LogP contribution in [0.15, 0.2) is 12.1 Å². The van der Waals surface area contributed by atoms with Crippen molar-refractivity contribution in [1.29, 1.82) is 0 Å². The number of hydrogen-bond acceptors (Lipinski definition) is 3. The van der Waals surface area contributed by atoms with E-state index in [1.807, 2.05) is 19.2 Å². The Morgan fingerprint density at radius 2 is 2.15 bits per heavy atom. The molecule has 1 N–H and O–H groups in total. The van der Waals surface area contributed by atoms with Crippen molar-refractivity contribution in [1.82, 2.24) is 0 Å². The third kappa shape index (κ3) is 1.82. The minimum atomic E-state index is -0.448. The van der Waals surface area contributed by atoms with Gasteiger partial charge in [-0.2, -0.15) is 0 Å². The number of anilines is 1. The maximum absolute atomic E-state index is 12.8. The number of hydrogen-bond donors (Lipinski definition) is 1. The second-order valence-electron chi connectivity index (χ2n) is 5.50. The van der Waals surface area contributed by atoms with Gasteiger partial charge in [-0.05, 0) is 0 Å². The molecule has 1 amide bonds. The van der Waals surface area contributed by atoms with Crippen LogP contribution in [-0.4, -0.2) is 51.4 Å². The number of benzene rings is 1. The van der Waals surface area contributed by atoms with E-state index in [1.165, 1.54) is 0 Å². The van der Waals surface area contributed by atoms with Crippen molar-refractivity contribution in [3.8, 4) is 0 Å². The Morgan fingerprint density at radius 1 is 1.45 bits per heavy atom. The van der Waals surface area contributed by atoms with Gasteiger partial charge in [0.2, 0.25) is 0 Å². The normalized spacial score (nSPS) is 20.1. The third-order valence-electron chi connectivity index (χ3n) is 4.51. The van der Waals surface area contributed by atoms with Crippen LogP contribution in [0.4, 0.5) is 5.69 Å². The van der Waals surface area contributed by atoms with Crippen molar-refractivity contribution in [2.75, 3.05) is 25.2 Å². The Hall–Kier alpha value is -0.988. The monoisotopic (exact) mass is 287 g/mol. The second kappa shape index (κ2) is 5.09. The van der Waals surface area contributed by atoms with Gasteiger partial charge in [0.15, 0.2) is 0 Å². The Labute approximate surface area is 124 Å². The molecule has 104 valence electrons. The molecule has 20 heavy (non-hydrogen) atoms. The fourth-order valence-electron chi connectivity index (χ4n) is 3.45. The molecule has 0 unspecified atom stereocenters. The standard InChI is InChI=1S/C14H16NO3.CH2.Al/c1-15-12-3-2-10(9-16)8-11(12)14(13(15)17)4-6-18-7-5-14;;/h2,8,16H,4-7,9H2,1H3;1H2;. The molecule has 0 aromatic heterocycles. The van der Waals surface area contributed by atoms with Crippen LogP contribution >= 0.6 is 0 Å². The number of likely N-dealkylation sites (N-methyl/N-ethyl adjacent to an activating group) is 1. The van der Waals surface area contributed by atoms with Gasteiger partial charge in [-0.15, -0.1) is 0 Å². The summed E-state index contributed by atoms with van der Waals surface area (Å²) in [6.07, 6.45) is 1.45. The topological polar surface area (TPSA) is 49.8 Å². The van der Waals surface area contributed by atoms with Crippen LogP contribution < -0.4 is 9.33 Å². The summed E-state index contributed by atoms with van der Waals surface area (Å²) in [5.74, 6) is 0.167. The summed E-state index contributed by atoms with van der Waals surface area (Å²) in [6.45, 7) is 1.24. The van der Waals surface area contributed by atoms with Crippen LogP contribution in [0.5, 0.6) is 0 Å². The van der Waals surface area contributed by atoms with Crippen LogP contribution in [0.25, 0.3) is 0 Å². The number of carbonyl (C=O) groups is 1. The first-order chi connectivity index (χ1) is 9.64. The van der Waals surface area contributed by atoms with E-state index in [0.717, 1.165) is 34.1 Å². The number of nitrogens with zero attached hydrogens (tertiary/aromatic N) is 1. The fraction of sp³-hybridized carbons (Fsp3) is 0.467. The zero-order valence-corrected chi connectivity index (χ0v) is 12.8. The van der Waals surface area contributed by atoms with Crippen molar-refractivity contribution in [2.24, 2.45) is 0 Å². The molecule has 1 aromatic rings. The van der Waals surface area contributed by atoms with Gasteiger partial charge >= 0.3 is 124 Å². The molecule has 5 heteroatoms. The van der Waals surface area contributed by atoms with Crippen molar-refractivity contribution in [2.45, 2.75) is 24.9 Å². The molecular weight excluding hydrogens is 269 g/mol. The van der Waals surface area contributed by atoms with E-state index in [1.54, 1.807) is 4.90 Å². The Morgan fingerprint density at radius 3 is 2.75 bits per heavy atom. The molecule has 0 bridgehead atoms. The van der Waals surface area contributed by atoms with E-state index < -0.39 is 5.41 Å². The van der Waals surface area contributed by atoms with Crippen LogP contribution in [-0.2, 0) is 21.6 Å². The molecular formula is C15H18AlNO3. The molecule has 0 radical (unpaired) electrons. The number of ether oxygens (including phenoxy) is 1. The molecule has 1 aromatic carbocycles. The van der Waals surface area contributed by atoms with Crippen LogP contribution in [0.3, 0.4) is 0 Å². The first-order valence-corrected chi connectivity index (χ1v) is 8.30. The Balaban J connectivity index is 2.24. The summed E-state index contributed by atoms with van der Waals surface area (Å²) in [6, 6.07) is 3.99. The van der Waals surface area contributed by atoms with E-state index in [2.05, 4.69) is 5.39 Å². The summed E-state index contributed by atoms with van der Waals surface area (Å²) in [7, 11) is 1.85. The summed E-state index contributed by atoms with van der Waals surface area (Å²) < 4.78 is 6.56. The van der Waals surface area contributed by atoms with Gasteiger partial charge < -0.3 is 0 Å². The van der Waals surface area contributed by atoms with Crippen LogP contribution in [0.1, 0.15) is 24.0 Å². The first kappa shape index (κ1) is 14.0. The summed E-state index contributed by atoms with van der Waals surface area (Å²) >= 11 is -0.148. The molecule has 0 aliphatic carbocycles. The number of carbonyl (C=O) groups excluding carboxylic acids is 1. The van der Waals surface area contributed by atoms with E-state index in [9.17, 15) is 9.90 Å². The third-order valence-corrected chi connectivity index (χ3v) is 5.39. The predicted molar refractivity (Wildman–Crippen MR) is 80.0 cm³/mol. The van der Waals surface area contributed by atoms with Crippen LogP contribution in [0, 0.1) is 0 Å². The molecule has 0 atom stereocenters. The summed E-state index contributed by atoms with van der Waals surface area (Å²) in [5, 5.41) is 13.5. The molecule has 4 nitrogen and oxygen atoms in total. The molecule has 2 aliphatic heterocycles. The van der Waals surface area contributed by atoms with Crippen molar-refractivity contribution < 1.29 is 14.6 Å². The van der Waals surface area contributed by atoms with Gasteiger partial charge in [-0.25, -0.2) is 0 Å². The number of aliphatic hydroxyl groups excluding tert-OH is 1. The van der Waals surface area contributed by atoms with Gasteiger partial charge in [0.05, 0.1) is 0 Å². The molecule has 1 saturated heterocycles. The number of fused-ring (bicyclic) bond motifs is 2. The van der Waals surface area contributed by atoms with E-state index in [0.29, 0.717) is 13.2 Å². The van der Waals surface area contributed by atoms with Gasteiger partial charge in [-0.1, -0.05) is 0 Å². The molecule has 2 heterocycles. The average Bonchev–Trinajstić information content (AvgIpc) is 2.70. The van der Waals surface area contributed by atoms with Crippen molar-refractivity contribution in [3.63, 3.8) is 0 Å². The van der Waals surface area contributed by atoms with Crippen molar-refractivity contribution in [3.05, 3.63) is 23.3 Å². The van der Waals surface area contributed by atoms with E-state index >= 15 is 0 Å². The zero-order chi connectivity index (χ0) is 14.3.